The highest BCUT2D eigenvalue weighted by molar-refractivity contribution is 7.79. The maximum absolute atomic E-state index is 10.8. The van der Waals surface area contributed by atoms with Crippen LogP contribution >= 0.6 is 0 Å². The molecule has 0 bridgehead atoms. The van der Waals surface area contributed by atoms with Gasteiger partial charge in [-0.05, 0) is 0 Å². The summed E-state index contributed by atoms with van der Waals surface area (Å²) < 4.78 is 30.0. The highest BCUT2D eigenvalue weighted by Gasteiger charge is 2.17. The number of fused-ring (bicyclic) bond motifs is 2. The van der Waals surface area contributed by atoms with Crippen molar-refractivity contribution >= 4 is 22.1 Å². The molecular weight excluding hydrogens is 220 g/mol. The predicted octanol–water partition coefficient (Wildman–Crippen LogP) is 0.872. The molecule has 0 saturated carbocycles. The van der Waals surface area contributed by atoms with Crippen molar-refractivity contribution in [2.45, 2.75) is 5.16 Å². The number of nitrogens with one attached hydrogen (secondary N) is 1. The SMILES string of the molecule is O=S(O)c1nc2cc3c(cc2[nH]1)OCO3. The minimum atomic E-state index is -2.11. The van der Waals surface area contributed by atoms with E-state index in [1.165, 1.54) is 0 Å². The summed E-state index contributed by atoms with van der Waals surface area (Å²) in [5, 5.41) is 0.0219. The van der Waals surface area contributed by atoms with Crippen LogP contribution in [0.15, 0.2) is 17.3 Å². The number of hydrogen-bond acceptors (Lipinski definition) is 4. The van der Waals surface area contributed by atoms with E-state index in [4.69, 9.17) is 14.0 Å². The van der Waals surface area contributed by atoms with Gasteiger partial charge in [0.2, 0.25) is 23.0 Å². The summed E-state index contributed by atoms with van der Waals surface area (Å²) in [6.07, 6.45) is 0. The Balaban J connectivity index is 2.24. The fraction of sp³-hybridized carbons (Fsp3) is 0.125. The Hall–Kier alpha value is -1.60. The lowest BCUT2D eigenvalue weighted by atomic mass is 10.3. The van der Waals surface area contributed by atoms with E-state index in [0.717, 1.165) is 0 Å². The maximum atomic E-state index is 10.8. The van der Waals surface area contributed by atoms with E-state index in [0.29, 0.717) is 22.5 Å². The number of aromatic amines is 1. The fourth-order valence-electron chi connectivity index (χ4n) is 1.46. The molecule has 2 N–H and O–H groups in total. The van der Waals surface area contributed by atoms with E-state index in [-0.39, 0.29) is 11.9 Å². The first-order valence-electron chi connectivity index (χ1n) is 4.14. The molecule has 0 amide bonds. The predicted molar refractivity (Wildman–Crippen MR) is 51.3 cm³/mol. The van der Waals surface area contributed by atoms with Crippen molar-refractivity contribution < 1.29 is 18.2 Å². The van der Waals surface area contributed by atoms with Crippen molar-refractivity contribution in [2.24, 2.45) is 0 Å². The molecule has 2 aromatic rings. The van der Waals surface area contributed by atoms with Gasteiger partial charge >= 0.3 is 0 Å². The monoisotopic (exact) mass is 226 g/mol. The Bertz CT molecular complexity index is 524. The number of aromatic nitrogens is 2. The third kappa shape index (κ3) is 1.28. The van der Waals surface area contributed by atoms with E-state index in [2.05, 4.69) is 9.97 Å². The van der Waals surface area contributed by atoms with Gasteiger partial charge in [-0.2, -0.15) is 0 Å². The summed E-state index contributed by atoms with van der Waals surface area (Å²) in [6.45, 7) is 0.195. The Labute approximate surface area is 86.5 Å². The first kappa shape index (κ1) is 8.69. The van der Waals surface area contributed by atoms with Crippen molar-refractivity contribution in [3.63, 3.8) is 0 Å². The van der Waals surface area contributed by atoms with Crippen LogP contribution in [0.25, 0.3) is 11.0 Å². The third-order valence-corrected chi connectivity index (χ3v) is 2.64. The molecule has 0 fully saturated rings. The fourth-order valence-corrected chi connectivity index (χ4v) is 1.83. The first-order chi connectivity index (χ1) is 7.24. The van der Waals surface area contributed by atoms with Crippen LogP contribution in [-0.4, -0.2) is 25.5 Å². The second-order valence-electron chi connectivity index (χ2n) is 3.01. The molecule has 6 nitrogen and oxygen atoms in total. The summed E-state index contributed by atoms with van der Waals surface area (Å²) in [5.41, 5.74) is 1.23. The molecule has 1 aliphatic heterocycles. The minimum Gasteiger partial charge on any atom is -0.454 e. The van der Waals surface area contributed by atoms with Crippen LogP contribution in [0, 0.1) is 0 Å². The Kier molecular flexibility index (Phi) is 1.70. The van der Waals surface area contributed by atoms with Crippen molar-refractivity contribution in [3.8, 4) is 11.5 Å². The van der Waals surface area contributed by atoms with Crippen LogP contribution in [0.5, 0.6) is 11.5 Å². The standard InChI is InChI=1S/C8H6N2O4S/c11-15(12)8-9-4-1-6-7(14-3-13-6)2-5(4)10-8/h1-2H,3H2,(H,9,10)(H,11,12). The van der Waals surface area contributed by atoms with Gasteiger partial charge in [-0.1, -0.05) is 0 Å². The molecule has 1 aliphatic rings. The highest BCUT2D eigenvalue weighted by Crippen LogP contribution is 2.35. The number of nitrogens with zero attached hydrogens (tertiary/aromatic N) is 1. The Morgan fingerprint density at radius 3 is 2.87 bits per heavy atom. The van der Waals surface area contributed by atoms with Gasteiger partial charge in [-0.15, -0.1) is 0 Å². The van der Waals surface area contributed by atoms with Crippen molar-refractivity contribution in [3.05, 3.63) is 12.1 Å². The topological polar surface area (TPSA) is 84.4 Å². The quantitative estimate of drug-likeness (QED) is 0.705. The van der Waals surface area contributed by atoms with Crippen LogP contribution < -0.4 is 9.47 Å². The van der Waals surface area contributed by atoms with Gasteiger partial charge < -0.3 is 14.5 Å². The molecule has 15 heavy (non-hydrogen) atoms. The van der Waals surface area contributed by atoms with Crippen LogP contribution in [0.1, 0.15) is 0 Å². The average molecular weight is 226 g/mol. The molecule has 7 heteroatoms. The summed E-state index contributed by atoms with van der Waals surface area (Å²) in [5.74, 6) is 1.21. The average Bonchev–Trinajstić information content (AvgIpc) is 2.77. The van der Waals surface area contributed by atoms with Crippen molar-refractivity contribution in [1.82, 2.24) is 9.97 Å². The molecule has 3 rings (SSSR count). The van der Waals surface area contributed by atoms with Gasteiger partial charge in [0.05, 0.1) is 11.0 Å². The van der Waals surface area contributed by atoms with E-state index < -0.39 is 11.1 Å². The number of benzene rings is 1. The Morgan fingerprint density at radius 1 is 1.40 bits per heavy atom. The summed E-state index contributed by atoms with van der Waals surface area (Å²) in [4.78, 5) is 6.68. The van der Waals surface area contributed by atoms with E-state index >= 15 is 0 Å². The summed E-state index contributed by atoms with van der Waals surface area (Å²) in [7, 11) is 0. The molecule has 0 aliphatic carbocycles. The second kappa shape index (κ2) is 2.94. The van der Waals surface area contributed by atoms with Gasteiger partial charge in [0.25, 0.3) is 0 Å². The molecule has 1 aromatic heterocycles. The zero-order valence-electron chi connectivity index (χ0n) is 7.39. The maximum Gasteiger partial charge on any atom is 0.231 e. The van der Waals surface area contributed by atoms with Gasteiger partial charge in [0.15, 0.2) is 11.5 Å². The molecule has 1 unspecified atom stereocenters. The molecular formula is C8H6N2O4S. The molecule has 1 aromatic carbocycles. The van der Waals surface area contributed by atoms with Crippen LogP contribution in [0.4, 0.5) is 0 Å². The molecule has 0 radical (unpaired) electrons. The van der Waals surface area contributed by atoms with Gasteiger partial charge in [0.1, 0.15) is 0 Å². The van der Waals surface area contributed by atoms with E-state index in [9.17, 15) is 4.21 Å². The normalized spacial score (nSPS) is 15.8. The molecule has 78 valence electrons. The molecule has 0 saturated heterocycles. The van der Waals surface area contributed by atoms with Gasteiger partial charge in [-0.3, -0.25) is 4.55 Å². The third-order valence-electron chi connectivity index (χ3n) is 2.12. The molecule has 2 heterocycles. The zero-order chi connectivity index (χ0) is 10.4. The van der Waals surface area contributed by atoms with Gasteiger partial charge in [-0.25, -0.2) is 9.19 Å². The number of rotatable bonds is 1. The van der Waals surface area contributed by atoms with Crippen LogP contribution in [0.2, 0.25) is 0 Å². The van der Waals surface area contributed by atoms with E-state index in [1.807, 2.05) is 0 Å². The Morgan fingerprint density at radius 2 is 2.13 bits per heavy atom. The lowest BCUT2D eigenvalue weighted by molar-refractivity contribution is 0.174. The van der Waals surface area contributed by atoms with Crippen LogP contribution in [0.3, 0.4) is 0 Å². The lowest BCUT2D eigenvalue weighted by Crippen LogP contribution is -1.93. The molecule has 0 spiro atoms. The number of ether oxygens (including phenoxy) is 2. The highest BCUT2D eigenvalue weighted by atomic mass is 32.2. The van der Waals surface area contributed by atoms with Crippen LogP contribution in [-0.2, 0) is 11.1 Å². The van der Waals surface area contributed by atoms with Crippen molar-refractivity contribution in [1.29, 1.82) is 0 Å². The second-order valence-corrected chi connectivity index (χ2v) is 3.90. The van der Waals surface area contributed by atoms with Crippen molar-refractivity contribution in [2.75, 3.05) is 6.79 Å². The summed E-state index contributed by atoms with van der Waals surface area (Å²) in [6, 6.07) is 3.37. The number of H-pyrrole nitrogens is 1. The zero-order valence-corrected chi connectivity index (χ0v) is 8.21. The smallest absolute Gasteiger partial charge is 0.231 e. The van der Waals surface area contributed by atoms with Gasteiger partial charge in [0, 0.05) is 12.1 Å². The minimum absolute atomic E-state index is 0.0219. The number of hydrogen-bond donors (Lipinski definition) is 2. The lowest BCUT2D eigenvalue weighted by Gasteiger charge is -1.93. The first-order valence-corrected chi connectivity index (χ1v) is 5.25. The van der Waals surface area contributed by atoms with E-state index in [1.54, 1.807) is 12.1 Å². The molecule has 1 atom stereocenters. The largest absolute Gasteiger partial charge is 0.454 e. The number of imidazole rings is 1. The summed E-state index contributed by atoms with van der Waals surface area (Å²) >= 11 is -2.11.